The van der Waals surface area contributed by atoms with Gasteiger partial charge in [0.2, 0.25) is 0 Å². The molecule has 0 amide bonds. The van der Waals surface area contributed by atoms with Crippen LogP contribution < -0.4 is 5.32 Å². The van der Waals surface area contributed by atoms with Crippen molar-refractivity contribution in [3.05, 3.63) is 21.9 Å². The Bertz CT molecular complexity index is 399. The second kappa shape index (κ2) is 5.94. The smallest absolute Gasteiger partial charge is 0.0771 e. The fraction of sp³-hybridized carbons (Fsp3) is 0.750. The van der Waals surface area contributed by atoms with Gasteiger partial charge in [-0.1, -0.05) is 40.0 Å². The first-order valence-electron chi connectivity index (χ1n) is 7.41. The second-order valence-electron chi connectivity index (χ2n) is 6.90. The molecule has 1 aliphatic rings. The van der Waals surface area contributed by atoms with Gasteiger partial charge in [0, 0.05) is 22.8 Å². The van der Waals surface area contributed by atoms with Crippen LogP contribution >= 0.6 is 11.3 Å². The van der Waals surface area contributed by atoms with Crippen LogP contribution in [0.2, 0.25) is 0 Å². The van der Waals surface area contributed by atoms with E-state index in [4.69, 9.17) is 0 Å². The summed E-state index contributed by atoms with van der Waals surface area (Å²) in [6.07, 6.45) is 5.54. The maximum absolute atomic E-state index is 10.4. The van der Waals surface area contributed by atoms with E-state index in [-0.39, 0.29) is 5.41 Å². The molecule has 1 aromatic heterocycles. The summed E-state index contributed by atoms with van der Waals surface area (Å²) in [5, 5.41) is 13.9. The summed E-state index contributed by atoms with van der Waals surface area (Å²) in [5.41, 5.74) is -0.215. The number of thiophene rings is 1. The molecule has 0 bridgehead atoms. The molecular formula is C16H27NOS. The number of rotatable bonds is 4. The van der Waals surface area contributed by atoms with Crippen LogP contribution in [0.4, 0.5) is 0 Å². The largest absolute Gasteiger partial charge is 0.389 e. The molecule has 1 heterocycles. The summed E-state index contributed by atoms with van der Waals surface area (Å²) in [4.78, 5) is 2.80. The van der Waals surface area contributed by atoms with Crippen molar-refractivity contribution in [1.82, 2.24) is 5.32 Å². The van der Waals surface area contributed by atoms with E-state index < -0.39 is 5.60 Å². The van der Waals surface area contributed by atoms with Gasteiger partial charge in [0.05, 0.1) is 5.60 Å². The Balaban J connectivity index is 1.81. The molecule has 0 spiro atoms. The van der Waals surface area contributed by atoms with E-state index in [1.807, 2.05) is 11.3 Å². The van der Waals surface area contributed by atoms with E-state index in [9.17, 15) is 5.11 Å². The quantitative estimate of drug-likeness (QED) is 0.879. The van der Waals surface area contributed by atoms with E-state index >= 15 is 0 Å². The van der Waals surface area contributed by atoms with Crippen LogP contribution in [0.25, 0.3) is 0 Å². The van der Waals surface area contributed by atoms with E-state index in [2.05, 4.69) is 38.2 Å². The second-order valence-corrected chi connectivity index (χ2v) is 8.07. The third-order valence-corrected chi connectivity index (χ3v) is 5.45. The van der Waals surface area contributed by atoms with Crippen LogP contribution in [0.5, 0.6) is 0 Å². The van der Waals surface area contributed by atoms with Crippen LogP contribution in [0, 0.1) is 0 Å². The van der Waals surface area contributed by atoms with E-state index in [1.165, 1.54) is 29.0 Å². The van der Waals surface area contributed by atoms with Crippen LogP contribution in [0.1, 0.15) is 62.6 Å². The number of hydrogen-bond donors (Lipinski definition) is 2. The predicted octanol–water partition coefficient (Wildman–Crippen LogP) is 3.83. The van der Waals surface area contributed by atoms with Gasteiger partial charge in [-0.15, -0.1) is 11.3 Å². The van der Waals surface area contributed by atoms with Crippen molar-refractivity contribution in [1.29, 1.82) is 0 Å². The van der Waals surface area contributed by atoms with Crippen molar-refractivity contribution < 1.29 is 5.11 Å². The third kappa shape index (κ3) is 4.30. The monoisotopic (exact) mass is 281 g/mol. The van der Waals surface area contributed by atoms with Gasteiger partial charge in [-0.3, -0.25) is 0 Å². The lowest BCUT2D eigenvalue weighted by atomic mass is 9.85. The normalized spacial score (nSPS) is 19.6. The standard InChI is InChI=1S/C16H27NOS/c1-15(2,3)14-8-7-13(19-14)11-17-12-16(18)9-5-4-6-10-16/h7-8,17-18H,4-6,9-12H2,1-3H3. The molecule has 1 saturated carbocycles. The fourth-order valence-electron chi connectivity index (χ4n) is 2.68. The van der Waals surface area contributed by atoms with Crippen molar-refractivity contribution in [2.45, 2.75) is 70.4 Å². The Kier molecular flexibility index (Phi) is 4.70. The highest BCUT2D eigenvalue weighted by molar-refractivity contribution is 7.12. The average molecular weight is 281 g/mol. The summed E-state index contributed by atoms with van der Waals surface area (Å²) in [5.74, 6) is 0. The molecule has 0 radical (unpaired) electrons. The molecule has 2 rings (SSSR count). The summed E-state index contributed by atoms with van der Waals surface area (Å²) in [7, 11) is 0. The van der Waals surface area contributed by atoms with Gasteiger partial charge in [0.1, 0.15) is 0 Å². The lowest BCUT2D eigenvalue weighted by Crippen LogP contribution is -2.41. The highest BCUT2D eigenvalue weighted by atomic mass is 32.1. The number of aliphatic hydroxyl groups is 1. The topological polar surface area (TPSA) is 32.3 Å². The predicted molar refractivity (Wildman–Crippen MR) is 82.8 cm³/mol. The molecule has 1 fully saturated rings. The summed E-state index contributed by atoms with van der Waals surface area (Å²) >= 11 is 1.88. The molecule has 0 aliphatic heterocycles. The molecule has 2 nitrogen and oxygen atoms in total. The van der Waals surface area contributed by atoms with Gasteiger partial charge in [-0.05, 0) is 30.4 Å². The SMILES string of the molecule is CC(C)(C)c1ccc(CNCC2(O)CCCCC2)s1. The van der Waals surface area contributed by atoms with Crippen molar-refractivity contribution in [2.24, 2.45) is 0 Å². The van der Waals surface area contributed by atoms with Crippen molar-refractivity contribution in [3.63, 3.8) is 0 Å². The Labute approximate surface area is 121 Å². The van der Waals surface area contributed by atoms with Gasteiger partial charge in [-0.2, -0.15) is 0 Å². The van der Waals surface area contributed by atoms with Crippen molar-refractivity contribution in [2.75, 3.05) is 6.54 Å². The lowest BCUT2D eigenvalue weighted by molar-refractivity contribution is 0.00472. The van der Waals surface area contributed by atoms with E-state index in [0.717, 1.165) is 25.9 Å². The van der Waals surface area contributed by atoms with Crippen molar-refractivity contribution >= 4 is 11.3 Å². The molecule has 1 aromatic rings. The van der Waals surface area contributed by atoms with Gasteiger partial charge >= 0.3 is 0 Å². The minimum absolute atomic E-state index is 0.241. The fourth-order valence-corrected chi connectivity index (χ4v) is 3.72. The molecule has 0 aromatic carbocycles. The maximum atomic E-state index is 10.4. The van der Waals surface area contributed by atoms with Crippen LogP contribution in [-0.2, 0) is 12.0 Å². The zero-order valence-electron chi connectivity index (χ0n) is 12.5. The highest BCUT2D eigenvalue weighted by Crippen LogP contribution is 2.30. The van der Waals surface area contributed by atoms with E-state index in [1.54, 1.807) is 0 Å². The van der Waals surface area contributed by atoms with Gasteiger partial charge in [0.25, 0.3) is 0 Å². The number of hydrogen-bond acceptors (Lipinski definition) is 3. The summed E-state index contributed by atoms with van der Waals surface area (Å²) < 4.78 is 0. The molecule has 2 N–H and O–H groups in total. The first-order valence-corrected chi connectivity index (χ1v) is 8.23. The highest BCUT2D eigenvalue weighted by Gasteiger charge is 2.28. The van der Waals surface area contributed by atoms with Gasteiger partial charge in [-0.25, -0.2) is 0 Å². The molecular weight excluding hydrogens is 254 g/mol. The third-order valence-electron chi connectivity index (χ3n) is 3.94. The van der Waals surface area contributed by atoms with Crippen LogP contribution in [-0.4, -0.2) is 17.3 Å². The summed E-state index contributed by atoms with van der Waals surface area (Å²) in [6.45, 7) is 8.36. The summed E-state index contributed by atoms with van der Waals surface area (Å²) in [6, 6.07) is 4.44. The maximum Gasteiger partial charge on any atom is 0.0771 e. The van der Waals surface area contributed by atoms with Crippen molar-refractivity contribution in [3.8, 4) is 0 Å². The first-order chi connectivity index (χ1) is 8.89. The minimum atomic E-state index is -0.456. The Hall–Kier alpha value is -0.380. The number of nitrogens with one attached hydrogen (secondary N) is 1. The molecule has 0 unspecified atom stereocenters. The van der Waals surface area contributed by atoms with Crippen LogP contribution in [0.15, 0.2) is 12.1 Å². The van der Waals surface area contributed by atoms with E-state index in [0.29, 0.717) is 0 Å². The molecule has 108 valence electrons. The molecule has 1 aliphatic carbocycles. The Morgan fingerprint density at radius 1 is 1.21 bits per heavy atom. The Morgan fingerprint density at radius 2 is 1.89 bits per heavy atom. The minimum Gasteiger partial charge on any atom is -0.389 e. The zero-order valence-corrected chi connectivity index (χ0v) is 13.3. The Morgan fingerprint density at radius 3 is 2.47 bits per heavy atom. The van der Waals surface area contributed by atoms with Gasteiger partial charge in [0.15, 0.2) is 0 Å². The molecule has 0 atom stereocenters. The molecule has 0 saturated heterocycles. The first kappa shape index (κ1) is 15.0. The lowest BCUT2D eigenvalue weighted by Gasteiger charge is -2.32. The molecule has 3 heteroatoms. The zero-order chi connectivity index (χ0) is 13.9. The van der Waals surface area contributed by atoms with Gasteiger partial charge < -0.3 is 10.4 Å². The molecule has 19 heavy (non-hydrogen) atoms. The average Bonchev–Trinajstić information content (AvgIpc) is 2.78. The van der Waals surface area contributed by atoms with Crippen LogP contribution in [0.3, 0.4) is 0 Å².